The fourth-order valence-electron chi connectivity index (χ4n) is 1.64. The molecule has 0 radical (unpaired) electrons. The Labute approximate surface area is 90.9 Å². The van der Waals surface area contributed by atoms with E-state index in [-0.39, 0.29) is 5.78 Å². The minimum Gasteiger partial charge on any atom is -0.387 e. The van der Waals surface area contributed by atoms with E-state index in [4.69, 9.17) is 0 Å². The standard InChI is InChI=1S/C13H18O2/c1-4-13(3,10(2)14)12(15)11-8-6-5-7-9-11/h5-9,12,15H,4H2,1-3H3/t12-,13-/m1/s1. The molecule has 0 amide bonds. The molecule has 0 aliphatic rings. The van der Waals surface area contributed by atoms with Gasteiger partial charge in [-0.15, -0.1) is 0 Å². The Morgan fingerprint density at radius 3 is 2.33 bits per heavy atom. The Kier molecular flexibility index (Phi) is 3.64. The second kappa shape index (κ2) is 4.58. The zero-order valence-electron chi connectivity index (χ0n) is 9.53. The van der Waals surface area contributed by atoms with Crippen LogP contribution >= 0.6 is 0 Å². The summed E-state index contributed by atoms with van der Waals surface area (Å²) < 4.78 is 0. The first kappa shape index (κ1) is 11.9. The molecule has 2 heteroatoms. The molecular formula is C13H18O2. The van der Waals surface area contributed by atoms with Gasteiger partial charge in [0.2, 0.25) is 0 Å². The third kappa shape index (κ3) is 2.26. The maximum atomic E-state index is 11.6. The lowest BCUT2D eigenvalue weighted by Crippen LogP contribution is -2.32. The van der Waals surface area contributed by atoms with Gasteiger partial charge in [0.25, 0.3) is 0 Å². The third-order valence-electron chi connectivity index (χ3n) is 3.26. The van der Waals surface area contributed by atoms with E-state index in [1.807, 2.05) is 44.2 Å². The summed E-state index contributed by atoms with van der Waals surface area (Å²) >= 11 is 0. The molecule has 1 aromatic carbocycles. The summed E-state index contributed by atoms with van der Waals surface area (Å²) in [5, 5.41) is 10.2. The first-order chi connectivity index (χ1) is 7.02. The number of aliphatic hydroxyl groups excluding tert-OH is 1. The Morgan fingerprint density at radius 1 is 1.40 bits per heavy atom. The molecule has 1 aromatic rings. The van der Waals surface area contributed by atoms with Crippen LogP contribution in [-0.2, 0) is 4.79 Å². The maximum absolute atomic E-state index is 11.6. The predicted octanol–water partition coefficient (Wildman–Crippen LogP) is 2.73. The van der Waals surface area contributed by atoms with Crippen LogP contribution in [0.1, 0.15) is 38.9 Å². The fraction of sp³-hybridized carbons (Fsp3) is 0.462. The molecule has 0 bridgehead atoms. The van der Waals surface area contributed by atoms with Crippen LogP contribution in [0.25, 0.3) is 0 Å². The molecule has 1 N–H and O–H groups in total. The second-order valence-electron chi connectivity index (χ2n) is 4.14. The molecule has 0 saturated carbocycles. The number of carbonyl (C=O) groups is 1. The molecule has 0 spiro atoms. The summed E-state index contributed by atoms with van der Waals surface area (Å²) in [4.78, 5) is 11.6. The molecule has 0 aliphatic carbocycles. The van der Waals surface area contributed by atoms with Crippen molar-refractivity contribution < 1.29 is 9.90 Å². The number of aliphatic hydroxyl groups is 1. The van der Waals surface area contributed by atoms with E-state index >= 15 is 0 Å². The van der Waals surface area contributed by atoms with Crippen molar-refractivity contribution in [2.45, 2.75) is 33.3 Å². The van der Waals surface area contributed by atoms with Gasteiger partial charge in [-0.25, -0.2) is 0 Å². The molecule has 0 fully saturated rings. The summed E-state index contributed by atoms with van der Waals surface area (Å²) in [6, 6.07) is 9.33. The summed E-state index contributed by atoms with van der Waals surface area (Å²) in [6.07, 6.45) is -0.0838. The monoisotopic (exact) mass is 206 g/mol. The fourth-order valence-corrected chi connectivity index (χ4v) is 1.64. The molecule has 0 heterocycles. The smallest absolute Gasteiger partial charge is 0.138 e. The lowest BCUT2D eigenvalue weighted by molar-refractivity contribution is -0.132. The van der Waals surface area contributed by atoms with E-state index in [9.17, 15) is 9.90 Å². The molecule has 82 valence electrons. The van der Waals surface area contributed by atoms with Crippen molar-refractivity contribution in [3.05, 3.63) is 35.9 Å². The highest BCUT2D eigenvalue weighted by Crippen LogP contribution is 2.37. The number of rotatable bonds is 4. The largest absolute Gasteiger partial charge is 0.387 e. The maximum Gasteiger partial charge on any atom is 0.138 e. The molecule has 0 unspecified atom stereocenters. The highest BCUT2D eigenvalue weighted by Gasteiger charge is 2.36. The predicted molar refractivity (Wildman–Crippen MR) is 60.5 cm³/mol. The van der Waals surface area contributed by atoms with Crippen LogP contribution in [0.3, 0.4) is 0 Å². The number of hydrogen-bond acceptors (Lipinski definition) is 2. The van der Waals surface area contributed by atoms with Crippen molar-refractivity contribution in [1.82, 2.24) is 0 Å². The number of carbonyl (C=O) groups excluding carboxylic acids is 1. The molecule has 2 nitrogen and oxygen atoms in total. The van der Waals surface area contributed by atoms with Crippen LogP contribution < -0.4 is 0 Å². The quantitative estimate of drug-likeness (QED) is 0.822. The van der Waals surface area contributed by atoms with Crippen molar-refractivity contribution >= 4 is 5.78 Å². The van der Waals surface area contributed by atoms with Gasteiger partial charge in [-0.3, -0.25) is 4.79 Å². The van der Waals surface area contributed by atoms with Crippen molar-refractivity contribution in [3.8, 4) is 0 Å². The normalized spacial score (nSPS) is 16.8. The molecular weight excluding hydrogens is 188 g/mol. The van der Waals surface area contributed by atoms with Gasteiger partial charge in [0.05, 0.1) is 11.5 Å². The molecule has 0 aromatic heterocycles. The molecule has 0 saturated heterocycles. The highest BCUT2D eigenvalue weighted by molar-refractivity contribution is 5.82. The van der Waals surface area contributed by atoms with Crippen LogP contribution in [-0.4, -0.2) is 10.9 Å². The van der Waals surface area contributed by atoms with Crippen molar-refractivity contribution in [2.24, 2.45) is 5.41 Å². The Morgan fingerprint density at radius 2 is 1.93 bits per heavy atom. The van der Waals surface area contributed by atoms with Crippen LogP contribution in [0.15, 0.2) is 30.3 Å². The number of hydrogen-bond donors (Lipinski definition) is 1. The lowest BCUT2D eigenvalue weighted by Gasteiger charge is -2.31. The first-order valence-electron chi connectivity index (χ1n) is 5.26. The minimum absolute atomic E-state index is 0.0290. The van der Waals surface area contributed by atoms with Crippen LogP contribution in [0.4, 0.5) is 0 Å². The second-order valence-corrected chi connectivity index (χ2v) is 4.14. The Hall–Kier alpha value is -1.15. The van der Waals surface area contributed by atoms with Crippen molar-refractivity contribution in [3.63, 3.8) is 0 Å². The topological polar surface area (TPSA) is 37.3 Å². The Bertz CT molecular complexity index is 332. The summed E-state index contributed by atoms with van der Waals surface area (Å²) in [7, 11) is 0. The number of Topliss-reactive ketones (excluding diaryl/α,β-unsaturated/α-hetero) is 1. The van der Waals surface area contributed by atoms with E-state index in [0.29, 0.717) is 6.42 Å². The van der Waals surface area contributed by atoms with E-state index in [1.165, 1.54) is 6.92 Å². The SMILES string of the molecule is CC[C@](C)(C(C)=O)[C@H](O)c1ccccc1. The van der Waals surface area contributed by atoms with Crippen LogP contribution in [0, 0.1) is 5.41 Å². The van der Waals surface area contributed by atoms with Gasteiger partial charge in [0, 0.05) is 0 Å². The Balaban J connectivity index is 3.02. The average molecular weight is 206 g/mol. The van der Waals surface area contributed by atoms with E-state index in [1.54, 1.807) is 0 Å². The first-order valence-corrected chi connectivity index (χ1v) is 5.26. The van der Waals surface area contributed by atoms with E-state index in [0.717, 1.165) is 5.56 Å². The zero-order chi connectivity index (χ0) is 11.5. The zero-order valence-corrected chi connectivity index (χ0v) is 9.53. The molecule has 2 atom stereocenters. The lowest BCUT2D eigenvalue weighted by atomic mass is 9.75. The van der Waals surface area contributed by atoms with Crippen molar-refractivity contribution in [1.29, 1.82) is 0 Å². The number of ketones is 1. The van der Waals surface area contributed by atoms with Gasteiger partial charge in [-0.05, 0) is 25.8 Å². The van der Waals surface area contributed by atoms with Crippen LogP contribution in [0.5, 0.6) is 0 Å². The minimum atomic E-state index is -0.721. The van der Waals surface area contributed by atoms with E-state index in [2.05, 4.69) is 0 Å². The van der Waals surface area contributed by atoms with Crippen molar-refractivity contribution in [2.75, 3.05) is 0 Å². The average Bonchev–Trinajstić information content (AvgIpc) is 2.28. The summed E-state index contributed by atoms with van der Waals surface area (Å²) in [5.41, 5.74) is 0.124. The molecule has 0 aliphatic heterocycles. The highest BCUT2D eigenvalue weighted by atomic mass is 16.3. The van der Waals surface area contributed by atoms with Gasteiger partial charge in [-0.2, -0.15) is 0 Å². The van der Waals surface area contributed by atoms with Gasteiger partial charge >= 0.3 is 0 Å². The van der Waals surface area contributed by atoms with Gasteiger partial charge in [0.15, 0.2) is 0 Å². The number of benzene rings is 1. The van der Waals surface area contributed by atoms with Crippen LogP contribution in [0.2, 0.25) is 0 Å². The van der Waals surface area contributed by atoms with Gasteiger partial charge in [-0.1, -0.05) is 37.3 Å². The molecule has 1 rings (SSSR count). The summed E-state index contributed by atoms with van der Waals surface area (Å²) in [5.74, 6) is 0.0290. The third-order valence-corrected chi connectivity index (χ3v) is 3.26. The summed E-state index contributed by atoms with van der Waals surface area (Å²) in [6.45, 7) is 5.27. The van der Waals surface area contributed by atoms with Gasteiger partial charge in [0.1, 0.15) is 5.78 Å². The van der Waals surface area contributed by atoms with Gasteiger partial charge < -0.3 is 5.11 Å². The molecule has 15 heavy (non-hydrogen) atoms. The van der Waals surface area contributed by atoms with E-state index < -0.39 is 11.5 Å².